The van der Waals surface area contributed by atoms with Crippen molar-refractivity contribution in [3.05, 3.63) is 75.8 Å². The SMILES string of the molecule is C.Cc1ccc(CNC(=O)c2cc3cc(-c4cnn(C)c4)c(N)nc3n(CC(=O)O)c2=O)cc1. The van der Waals surface area contributed by atoms with Crippen LogP contribution < -0.4 is 16.6 Å². The van der Waals surface area contributed by atoms with Crippen molar-refractivity contribution in [2.45, 2.75) is 27.4 Å². The molecule has 1 amide bonds. The van der Waals surface area contributed by atoms with Gasteiger partial charge in [0.1, 0.15) is 23.6 Å². The summed E-state index contributed by atoms with van der Waals surface area (Å²) in [7, 11) is 1.76. The second-order valence-electron chi connectivity index (χ2n) is 7.75. The Morgan fingerprint density at radius 1 is 1.18 bits per heavy atom. The molecule has 3 heterocycles. The number of amides is 1. The maximum atomic E-state index is 13.0. The van der Waals surface area contributed by atoms with E-state index in [0.29, 0.717) is 16.5 Å². The lowest BCUT2D eigenvalue weighted by Gasteiger charge is -2.13. The molecule has 1 aromatic carbocycles. The number of fused-ring (bicyclic) bond motifs is 1. The quantitative estimate of drug-likeness (QED) is 0.399. The van der Waals surface area contributed by atoms with Crippen molar-refractivity contribution in [1.29, 1.82) is 0 Å². The zero-order chi connectivity index (χ0) is 23.7. The number of carboxylic acid groups (broad SMARTS) is 1. The van der Waals surface area contributed by atoms with Gasteiger partial charge in [-0.05, 0) is 24.6 Å². The summed E-state index contributed by atoms with van der Waals surface area (Å²) in [5.41, 5.74) is 8.47. The minimum atomic E-state index is -1.24. The highest BCUT2D eigenvalue weighted by molar-refractivity contribution is 5.98. The summed E-state index contributed by atoms with van der Waals surface area (Å²) >= 11 is 0. The van der Waals surface area contributed by atoms with Crippen LogP contribution >= 0.6 is 0 Å². The fourth-order valence-electron chi connectivity index (χ4n) is 3.53. The third-order valence-corrected chi connectivity index (χ3v) is 5.22. The molecule has 0 saturated carbocycles. The van der Waals surface area contributed by atoms with Gasteiger partial charge in [0.2, 0.25) is 0 Å². The minimum Gasteiger partial charge on any atom is -0.480 e. The Morgan fingerprint density at radius 2 is 1.88 bits per heavy atom. The number of benzene rings is 1. The van der Waals surface area contributed by atoms with Crippen LogP contribution in [0.4, 0.5) is 5.82 Å². The summed E-state index contributed by atoms with van der Waals surface area (Å²) in [6.07, 6.45) is 3.36. The molecule has 10 nitrogen and oxygen atoms in total. The number of nitrogens with zero attached hydrogens (tertiary/aromatic N) is 4. The number of rotatable bonds is 6. The summed E-state index contributed by atoms with van der Waals surface area (Å²) in [6.45, 7) is 1.52. The highest BCUT2D eigenvalue weighted by atomic mass is 16.4. The van der Waals surface area contributed by atoms with E-state index in [1.807, 2.05) is 31.2 Å². The zero-order valence-corrected chi connectivity index (χ0v) is 18.1. The molecular formula is C24H26N6O4. The molecule has 0 fully saturated rings. The van der Waals surface area contributed by atoms with Crippen molar-refractivity contribution in [2.24, 2.45) is 7.05 Å². The van der Waals surface area contributed by atoms with Crippen molar-refractivity contribution in [3.63, 3.8) is 0 Å². The smallest absolute Gasteiger partial charge is 0.323 e. The van der Waals surface area contributed by atoms with Crippen LogP contribution in [-0.2, 0) is 24.9 Å². The largest absolute Gasteiger partial charge is 0.480 e. The van der Waals surface area contributed by atoms with E-state index in [9.17, 15) is 19.5 Å². The van der Waals surface area contributed by atoms with Crippen molar-refractivity contribution in [1.82, 2.24) is 24.6 Å². The number of carbonyl (C=O) groups excluding carboxylic acids is 1. The van der Waals surface area contributed by atoms with E-state index >= 15 is 0 Å². The summed E-state index contributed by atoms with van der Waals surface area (Å²) in [5, 5.41) is 16.6. The molecule has 4 rings (SSSR count). The molecule has 34 heavy (non-hydrogen) atoms. The molecule has 4 N–H and O–H groups in total. The zero-order valence-electron chi connectivity index (χ0n) is 18.1. The molecule has 0 aliphatic rings. The molecule has 0 radical (unpaired) electrons. The van der Waals surface area contributed by atoms with Gasteiger partial charge in [-0.2, -0.15) is 5.10 Å². The second-order valence-corrected chi connectivity index (χ2v) is 7.75. The molecule has 10 heteroatoms. The summed E-state index contributed by atoms with van der Waals surface area (Å²) in [4.78, 5) is 41.6. The standard InChI is InChI=1S/C23H22N6O4.CH4/c1-13-3-5-14(6-4-13)9-25-22(32)18-8-15-7-17(16-10-26-28(2)11-16)20(24)27-21(15)29(23(18)33)12-19(30)31;/h3-8,10-11H,9,12H2,1-2H3,(H2,24,27)(H,25,32)(H,30,31);1H4. The molecule has 176 valence electrons. The molecular weight excluding hydrogens is 436 g/mol. The van der Waals surface area contributed by atoms with Gasteiger partial charge in [-0.1, -0.05) is 37.3 Å². The lowest BCUT2D eigenvalue weighted by Crippen LogP contribution is -2.34. The molecule has 0 atom stereocenters. The predicted molar refractivity (Wildman–Crippen MR) is 129 cm³/mol. The fourth-order valence-corrected chi connectivity index (χ4v) is 3.53. The van der Waals surface area contributed by atoms with Gasteiger partial charge in [0.25, 0.3) is 11.5 Å². The average Bonchev–Trinajstić information content (AvgIpc) is 3.20. The van der Waals surface area contributed by atoms with E-state index in [1.54, 1.807) is 30.2 Å². The van der Waals surface area contributed by atoms with Gasteiger partial charge in [0, 0.05) is 36.3 Å². The number of hydrogen-bond acceptors (Lipinski definition) is 6. The van der Waals surface area contributed by atoms with E-state index in [-0.39, 0.29) is 31.0 Å². The lowest BCUT2D eigenvalue weighted by molar-refractivity contribution is -0.137. The highest BCUT2D eigenvalue weighted by Crippen LogP contribution is 2.28. The maximum absolute atomic E-state index is 13.0. The van der Waals surface area contributed by atoms with Crippen LogP contribution in [0.5, 0.6) is 0 Å². The summed E-state index contributed by atoms with van der Waals surface area (Å²) < 4.78 is 2.55. The van der Waals surface area contributed by atoms with Crippen molar-refractivity contribution < 1.29 is 14.7 Å². The normalized spacial score (nSPS) is 10.6. The number of nitrogens with two attached hydrogens (primary N) is 1. The van der Waals surface area contributed by atoms with Crippen LogP contribution in [0.15, 0.2) is 53.6 Å². The number of aliphatic carboxylic acids is 1. The number of nitrogens with one attached hydrogen (secondary N) is 1. The lowest BCUT2D eigenvalue weighted by atomic mass is 10.1. The van der Waals surface area contributed by atoms with Crippen molar-refractivity contribution in [2.75, 3.05) is 5.73 Å². The molecule has 0 unspecified atom stereocenters. The van der Waals surface area contributed by atoms with Gasteiger partial charge in [0.05, 0.1) is 6.20 Å². The van der Waals surface area contributed by atoms with Crippen molar-refractivity contribution >= 4 is 28.7 Å². The van der Waals surface area contributed by atoms with Gasteiger partial charge in [-0.15, -0.1) is 0 Å². The number of anilines is 1. The number of carboxylic acids is 1. The van der Waals surface area contributed by atoms with E-state index in [0.717, 1.165) is 15.7 Å². The molecule has 0 aliphatic carbocycles. The minimum absolute atomic E-state index is 0. The fraction of sp³-hybridized carbons (Fsp3) is 0.208. The van der Waals surface area contributed by atoms with Crippen LogP contribution in [0.1, 0.15) is 28.9 Å². The van der Waals surface area contributed by atoms with Crippen LogP contribution in [0.2, 0.25) is 0 Å². The third-order valence-electron chi connectivity index (χ3n) is 5.22. The monoisotopic (exact) mass is 462 g/mol. The average molecular weight is 463 g/mol. The Bertz CT molecular complexity index is 1440. The van der Waals surface area contributed by atoms with Gasteiger partial charge in [-0.25, -0.2) is 4.98 Å². The highest BCUT2D eigenvalue weighted by Gasteiger charge is 2.20. The Kier molecular flexibility index (Phi) is 6.81. The van der Waals surface area contributed by atoms with E-state index < -0.39 is 24.0 Å². The number of nitrogen functional groups attached to an aromatic ring is 1. The number of carbonyl (C=O) groups is 2. The van der Waals surface area contributed by atoms with E-state index in [4.69, 9.17) is 5.73 Å². The maximum Gasteiger partial charge on any atom is 0.323 e. The second kappa shape index (κ2) is 9.57. The molecule has 0 bridgehead atoms. The first-order chi connectivity index (χ1) is 15.7. The van der Waals surface area contributed by atoms with E-state index in [2.05, 4.69) is 15.4 Å². The number of aryl methyl sites for hydroxylation is 2. The van der Waals surface area contributed by atoms with Gasteiger partial charge in [-0.3, -0.25) is 23.6 Å². The van der Waals surface area contributed by atoms with Crippen molar-refractivity contribution in [3.8, 4) is 11.1 Å². The number of aromatic nitrogens is 4. The first-order valence-corrected chi connectivity index (χ1v) is 10.1. The van der Waals surface area contributed by atoms with Gasteiger partial charge in [0.15, 0.2) is 0 Å². The van der Waals surface area contributed by atoms with Crippen LogP contribution in [0.3, 0.4) is 0 Å². The van der Waals surface area contributed by atoms with Crippen LogP contribution in [-0.4, -0.2) is 36.3 Å². The molecule has 0 aliphatic heterocycles. The number of hydrogen-bond donors (Lipinski definition) is 3. The van der Waals surface area contributed by atoms with Crippen LogP contribution in [0, 0.1) is 6.92 Å². The molecule has 3 aromatic heterocycles. The first-order valence-electron chi connectivity index (χ1n) is 10.1. The Hall–Kier alpha value is -4.47. The summed E-state index contributed by atoms with van der Waals surface area (Å²) in [6, 6.07) is 10.7. The Morgan fingerprint density at radius 3 is 2.50 bits per heavy atom. The molecule has 0 spiro atoms. The summed E-state index contributed by atoms with van der Waals surface area (Å²) in [5.74, 6) is -1.74. The molecule has 0 saturated heterocycles. The van der Waals surface area contributed by atoms with Gasteiger partial charge < -0.3 is 16.2 Å². The number of pyridine rings is 2. The topological polar surface area (TPSA) is 145 Å². The predicted octanol–water partition coefficient (Wildman–Crippen LogP) is 2.34. The van der Waals surface area contributed by atoms with Gasteiger partial charge >= 0.3 is 5.97 Å². The van der Waals surface area contributed by atoms with Crippen LogP contribution in [0.25, 0.3) is 22.2 Å². The first kappa shape index (κ1) is 24.2. The van der Waals surface area contributed by atoms with E-state index in [1.165, 1.54) is 6.07 Å². The Labute approximate surface area is 195 Å². The Balaban J connectivity index is 0.00000324. The molecule has 4 aromatic rings. The third kappa shape index (κ3) is 4.80.